The third-order valence-corrected chi connectivity index (χ3v) is 4.14. The molecule has 1 heterocycles. The fourth-order valence-electron chi connectivity index (χ4n) is 2.86. The molecule has 1 aliphatic heterocycles. The highest BCUT2D eigenvalue weighted by Gasteiger charge is 2.40. The lowest BCUT2D eigenvalue weighted by Gasteiger charge is -2.22. The van der Waals surface area contributed by atoms with Crippen LogP contribution in [-0.4, -0.2) is 40.8 Å². The second-order valence-electron chi connectivity index (χ2n) is 5.98. The Hall–Kier alpha value is -2.73. The highest BCUT2D eigenvalue weighted by atomic mass is 19.1. The average Bonchev–Trinajstić information content (AvgIpc) is 2.97. The van der Waals surface area contributed by atoms with Gasteiger partial charge in [-0.25, -0.2) is 14.1 Å². The lowest BCUT2D eigenvalue weighted by Crippen LogP contribution is -2.46. The van der Waals surface area contributed by atoms with E-state index in [1.807, 2.05) is 30.3 Å². The predicted octanol–water partition coefficient (Wildman–Crippen LogP) is 2.32. The standard InChI is InChI=1S/C19H18FNO4/c20-15-8-6-14(7-9-15)11-17(22)18(23)21-16(12-25-19(21)24)10-13-4-2-1-3-5-13/h1-9,16-17,22H,10-12H2/t16-,17-/m0/s1. The van der Waals surface area contributed by atoms with E-state index in [9.17, 15) is 19.1 Å². The normalized spacial score (nSPS) is 18.1. The highest BCUT2D eigenvalue weighted by molar-refractivity contribution is 5.96. The third-order valence-electron chi connectivity index (χ3n) is 4.14. The smallest absolute Gasteiger partial charge is 0.417 e. The zero-order valence-corrected chi connectivity index (χ0v) is 13.5. The van der Waals surface area contributed by atoms with Crippen LogP contribution in [0.15, 0.2) is 54.6 Å². The maximum absolute atomic E-state index is 12.9. The van der Waals surface area contributed by atoms with Crippen molar-refractivity contribution in [3.05, 3.63) is 71.5 Å². The van der Waals surface area contributed by atoms with E-state index in [0.29, 0.717) is 12.0 Å². The molecule has 2 amide bonds. The van der Waals surface area contributed by atoms with Crippen LogP contribution in [0, 0.1) is 5.82 Å². The zero-order valence-electron chi connectivity index (χ0n) is 13.5. The number of imide groups is 1. The molecule has 0 saturated carbocycles. The zero-order chi connectivity index (χ0) is 17.8. The first-order valence-electron chi connectivity index (χ1n) is 8.01. The van der Waals surface area contributed by atoms with E-state index in [0.717, 1.165) is 10.5 Å². The number of hydrogen-bond donors (Lipinski definition) is 1. The summed E-state index contributed by atoms with van der Waals surface area (Å²) >= 11 is 0. The Bertz CT molecular complexity index is 748. The Morgan fingerprint density at radius 2 is 1.84 bits per heavy atom. The molecule has 2 aromatic rings. The van der Waals surface area contributed by atoms with Gasteiger partial charge in [0.2, 0.25) is 0 Å². The van der Waals surface area contributed by atoms with Crippen molar-refractivity contribution in [1.82, 2.24) is 4.90 Å². The van der Waals surface area contributed by atoms with Crippen molar-refractivity contribution in [3.63, 3.8) is 0 Å². The van der Waals surface area contributed by atoms with Gasteiger partial charge in [-0.3, -0.25) is 4.79 Å². The van der Waals surface area contributed by atoms with Gasteiger partial charge in [0.05, 0.1) is 6.04 Å². The van der Waals surface area contributed by atoms with E-state index >= 15 is 0 Å². The van der Waals surface area contributed by atoms with Gasteiger partial charge in [-0.15, -0.1) is 0 Å². The number of aliphatic hydroxyl groups excluding tert-OH is 1. The first-order valence-corrected chi connectivity index (χ1v) is 8.01. The predicted molar refractivity (Wildman–Crippen MR) is 88.2 cm³/mol. The number of hydrogen-bond acceptors (Lipinski definition) is 4. The number of ether oxygens (including phenoxy) is 1. The quantitative estimate of drug-likeness (QED) is 0.905. The van der Waals surface area contributed by atoms with Crippen LogP contribution in [0.5, 0.6) is 0 Å². The van der Waals surface area contributed by atoms with Crippen LogP contribution in [0.25, 0.3) is 0 Å². The number of nitrogens with zero attached hydrogens (tertiary/aromatic N) is 1. The van der Waals surface area contributed by atoms with E-state index < -0.39 is 30.0 Å². The lowest BCUT2D eigenvalue weighted by atomic mass is 10.0. The number of carbonyl (C=O) groups excluding carboxylic acids is 2. The molecule has 0 bridgehead atoms. The Morgan fingerprint density at radius 3 is 2.52 bits per heavy atom. The van der Waals surface area contributed by atoms with Gasteiger partial charge in [0.15, 0.2) is 0 Å². The van der Waals surface area contributed by atoms with Crippen LogP contribution in [0.4, 0.5) is 9.18 Å². The van der Waals surface area contributed by atoms with E-state index in [1.54, 1.807) is 0 Å². The molecule has 2 aromatic carbocycles. The van der Waals surface area contributed by atoms with Gasteiger partial charge in [-0.1, -0.05) is 42.5 Å². The van der Waals surface area contributed by atoms with Crippen LogP contribution in [0.2, 0.25) is 0 Å². The summed E-state index contributed by atoms with van der Waals surface area (Å²) in [6.45, 7) is 0.0999. The average molecular weight is 343 g/mol. The van der Waals surface area contributed by atoms with Crippen molar-refractivity contribution in [1.29, 1.82) is 0 Å². The van der Waals surface area contributed by atoms with E-state index in [2.05, 4.69) is 0 Å². The SMILES string of the molecule is O=C1OC[C@H](Cc2ccccc2)N1C(=O)[C@@H](O)Cc1ccc(F)cc1. The van der Waals surface area contributed by atoms with Gasteiger partial charge >= 0.3 is 6.09 Å². The van der Waals surface area contributed by atoms with Gasteiger partial charge in [-0.2, -0.15) is 0 Å². The fraction of sp³-hybridized carbons (Fsp3) is 0.263. The molecule has 0 aliphatic carbocycles. The molecule has 1 saturated heterocycles. The molecule has 1 N–H and O–H groups in total. The van der Waals surface area contributed by atoms with Crippen molar-refractivity contribution in [2.24, 2.45) is 0 Å². The Kier molecular flexibility index (Phi) is 5.09. The number of amides is 2. The van der Waals surface area contributed by atoms with Crippen LogP contribution in [-0.2, 0) is 22.4 Å². The topological polar surface area (TPSA) is 66.8 Å². The van der Waals surface area contributed by atoms with Gasteiger partial charge < -0.3 is 9.84 Å². The monoisotopic (exact) mass is 343 g/mol. The number of rotatable bonds is 5. The number of halogens is 1. The molecular weight excluding hydrogens is 325 g/mol. The number of aliphatic hydroxyl groups is 1. The van der Waals surface area contributed by atoms with E-state index in [1.165, 1.54) is 24.3 Å². The Balaban J connectivity index is 1.69. The minimum atomic E-state index is -1.39. The summed E-state index contributed by atoms with van der Waals surface area (Å²) in [5.74, 6) is -1.09. The van der Waals surface area contributed by atoms with Crippen molar-refractivity contribution in [2.75, 3.05) is 6.61 Å². The van der Waals surface area contributed by atoms with Crippen molar-refractivity contribution in [3.8, 4) is 0 Å². The van der Waals surface area contributed by atoms with Crippen LogP contribution in [0.3, 0.4) is 0 Å². The first kappa shape index (κ1) is 17.1. The summed E-state index contributed by atoms with van der Waals surface area (Å²) < 4.78 is 17.9. The van der Waals surface area contributed by atoms with Crippen molar-refractivity contribution in [2.45, 2.75) is 25.0 Å². The van der Waals surface area contributed by atoms with Crippen molar-refractivity contribution < 1.29 is 23.8 Å². The summed E-state index contributed by atoms with van der Waals surface area (Å²) in [5, 5.41) is 10.2. The van der Waals surface area contributed by atoms with Gasteiger partial charge in [-0.05, 0) is 29.7 Å². The molecule has 0 aromatic heterocycles. The summed E-state index contributed by atoms with van der Waals surface area (Å²) in [6, 6.07) is 14.5. The van der Waals surface area contributed by atoms with Crippen LogP contribution in [0.1, 0.15) is 11.1 Å². The van der Waals surface area contributed by atoms with E-state index in [4.69, 9.17) is 4.74 Å². The maximum atomic E-state index is 12.9. The minimum absolute atomic E-state index is 0.000943. The molecular formula is C19H18FNO4. The summed E-state index contributed by atoms with van der Waals surface area (Å²) in [6.07, 6.45) is -1.68. The van der Waals surface area contributed by atoms with Gasteiger partial charge in [0.25, 0.3) is 5.91 Å². The Labute approximate surface area is 144 Å². The molecule has 2 atom stereocenters. The number of carbonyl (C=O) groups is 2. The van der Waals surface area contributed by atoms with Gasteiger partial charge in [0.1, 0.15) is 18.5 Å². The molecule has 130 valence electrons. The molecule has 5 nitrogen and oxygen atoms in total. The third kappa shape index (κ3) is 4.03. The molecule has 1 aliphatic rings. The largest absolute Gasteiger partial charge is 0.447 e. The minimum Gasteiger partial charge on any atom is -0.447 e. The van der Waals surface area contributed by atoms with Crippen molar-refractivity contribution >= 4 is 12.0 Å². The molecule has 25 heavy (non-hydrogen) atoms. The summed E-state index contributed by atoms with van der Waals surface area (Å²) in [4.78, 5) is 25.5. The molecule has 0 spiro atoms. The maximum Gasteiger partial charge on any atom is 0.417 e. The Morgan fingerprint density at radius 1 is 1.16 bits per heavy atom. The number of cyclic esters (lactones) is 1. The van der Waals surface area contributed by atoms with Crippen LogP contribution >= 0.6 is 0 Å². The highest BCUT2D eigenvalue weighted by Crippen LogP contribution is 2.19. The van der Waals surface area contributed by atoms with Crippen LogP contribution < -0.4 is 0 Å². The first-order chi connectivity index (χ1) is 12.0. The lowest BCUT2D eigenvalue weighted by molar-refractivity contribution is -0.137. The fourth-order valence-corrected chi connectivity index (χ4v) is 2.86. The molecule has 0 unspecified atom stereocenters. The second-order valence-corrected chi connectivity index (χ2v) is 5.98. The summed E-state index contributed by atoms with van der Waals surface area (Å²) in [5.41, 5.74) is 1.58. The molecule has 0 radical (unpaired) electrons. The van der Waals surface area contributed by atoms with Gasteiger partial charge in [0, 0.05) is 6.42 Å². The summed E-state index contributed by atoms with van der Waals surface area (Å²) in [7, 11) is 0. The molecule has 6 heteroatoms. The molecule has 3 rings (SSSR count). The van der Waals surface area contributed by atoms with E-state index in [-0.39, 0.29) is 13.0 Å². The number of benzene rings is 2. The second kappa shape index (κ2) is 7.44. The molecule has 1 fully saturated rings.